The van der Waals surface area contributed by atoms with Gasteiger partial charge in [0.1, 0.15) is 6.04 Å². The van der Waals surface area contributed by atoms with Crippen molar-refractivity contribution in [3.05, 3.63) is 58.1 Å². The molecule has 1 amide bonds. The lowest BCUT2D eigenvalue weighted by Gasteiger charge is -2.29. The summed E-state index contributed by atoms with van der Waals surface area (Å²) in [6, 6.07) is 6.61. The molecule has 0 aliphatic carbocycles. The fourth-order valence-corrected chi connectivity index (χ4v) is 4.19. The maximum atomic E-state index is 13.2. The minimum absolute atomic E-state index is 0.312. The largest absolute Gasteiger partial charge is 0.417 e. The summed E-state index contributed by atoms with van der Waals surface area (Å²) in [6.07, 6.45) is -3.96. The Morgan fingerprint density at radius 2 is 1.79 bits per heavy atom. The smallest absolute Gasteiger partial charge is 0.324 e. The maximum absolute atomic E-state index is 13.2. The van der Waals surface area contributed by atoms with Crippen molar-refractivity contribution >= 4 is 38.9 Å². The molecular weight excluding hydrogens is 429 g/mol. The van der Waals surface area contributed by atoms with Gasteiger partial charge in [0.05, 0.1) is 22.5 Å². The van der Waals surface area contributed by atoms with Crippen LogP contribution in [0.1, 0.15) is 23.6 Å². The minimum atomic E-state index is -4.78. The Bertz CT molecular complexity index is 1040. The first-order chi connectivity index (χ1) is 13.2. The second kappa shape index (κ2) is 8.23. The van der Waals surface area contributed by atoms with Crippen LogP contribution >= 0.6 is 11.6 Å². The summed E-state index contributed by atoms with van der Waals surface area (Å²) in [4.78, 5) is 12.7. The zero-order chi connectivity index (χ0) is 22.1. The highest BCUT2D eigenvalue weighted by Crippen LogP contribution is 2.37. The molecule has 0 radical (unpaired) electrons. The lowest BCUT2D eigenvalue weighted by Crippen LogP contribution is -2.45. The first-order valence-corrected chi connectivity index (χ1v) is 10.7. The van der Waals surface area contributed by atoms with Crippen LogP contribution < -0.4 is 9.62 Å². The van der Waals surface area contributed by atoms with Gasteiger partial charge in [-0.15, -0.1) is 0 Å². The normalized spacial score (nSPS) is 13.1. The first kappa shape index (κ1) is 23.0. The van der Waals surface area contributed by atoms with Crippen LogP contribution in [0.2, 0.25) is 5.02 Å². The third-order valence-corrected chi connectivity index (χ3v) is 6.03. The van der Waals surface area contributed by atoms with E-state index < -0.39 is 38.7 Å². The van der Waals surface area contributed by atoms with Crippen molar-refractivity contribution in [2.45, 2.75) is 33.0 Å². The van der Waals surface area contributed by atoms with Crippen LogP contribution in [0, 0.1) is 13.8 Å². The van der Waals surface area contributed by atoms with Gasteiger partial charge in [-0.2, -0.15) is 13.2 Å². The quantitative estimate of drug-likeness (QED) is 0.716. The van der Waals surface area contributed by atoms with Gasteiger partial charge in [-0.1, -0.05) is 23.7 Å². The summed E-state index contributed by atoms with van der Waals surface area (Å²) < 4.78 is 64.9. The number of sulfonamides is 1. The fourth-order valence-electron chi connectivity index (χ4n) is 2.80. The number of nitrogens with zero attached hydrogens (tertiary/aromatic N) is 1. The van der Waals surface area contributed by atoms with Gasteiger partial charge in [-0.25, -0.2) is 8.42 Å². The standard InChI is InChI=1S/C19H20ClF3N2O3S/c1-11-6-5-7-17(12(11)2)24-18(26)13(3)25(29(4,27)28)14-8-9-16(20)15(10-14)19(21,22)23/h5-10,13H,1-4H3,(H,24,26)/t13-/m0/s1. The molecule has 0 aliphatic rings. The number of aryl methyl sites for hydroxylation is 1. The Morgan fingerprint density at radius 1 is 1.17 bits per heavy atom. The molecule has 2 aromatic rings. The van der Waals surface area contributed by atoms with Crippen molar-refractivity contribution in [1.82, 2.24) is 0 Å². The van der Waals surface area contributed by atoms with Gasteiger partial charge in [-0.05, 0) is 56.2 Å². The van der Waals surface area contributed by atoms with E-state index in [0.717, 1.165) is 29.5 Å². The molecular formula is C19H20ClF3N2O3S. The van der Waals surface area contributed by atoms with Crippen molar-refractivity contribution < 1.29 is 26.4 Å². The Labute approximate surface area is 172 Å². The van der Waals surface area contributed by atoms with Gasteiger partial charge in [0.2, 0.25) is 15.9 Å². The number of hydrogen-bond acceptors (Lipinski definition) is 3. The van der Waals surface area contributed by atoms with Gasteiger partial charge < -0.3 is 5.32 Å². The van der Waals surface area contributed by atoms with Crippen molar-refractivity contribution in [1.29, 1.82) is 0 Å². The number of anilines is 2. The van der Waals surface area contributed by atoms with E-state index in [2.05, 4.69) is 5.32 Å². The molecule has 5 nitrogen and oxygen atoms in total. The maximum Gasteiger partial charge on any atom is 0.417 e. The molecule has 0 saturated carbocycles. The van der Waals surface area contributed by atoms with E-state index in [1.54, 1.807) is 19.1 Å². The summed E-state index contributed by atoms with van der Waals surface area (Å²) in [5, 5.41) is 2.07. The van der Waals surface area contributed by atoms with Gasteiger partial charge in [0.25, 0.3) is 0 Å². The molecule has 0 unspecified atom stereocenters. The van der Waals surface area contributed by atoms with Crippen LogP contribution in [0.4, 0.5) is 24.5 Å². The van der Waals surface area contributed by atoms with Crippen molar-refractivity contribution in [2.75, 3.05) is 15.9 Å². The number of amides is 1. The van der Waals surface area contributed by atoms with Gasteiger partial charge in [-0.3, -0.25) is 9.10 Å². The Kier molecular flexibility index (Phi) is 6.54. The number of alkyl halides is 3. The molecule has 1 atom stereocenters. The Hall–Kier alpha value is -2.26. The van der Waals surface area contributed by atoms with Crippen LogP contribution in [0.15, 0.2) is 36.4 Å². The SMILES string of the molecule is Cc1cccc(NC(=O)[C@H](C)N(c2ccc(Cl)c(C(F)(F)F)c2)S(C)(=O)=O)c1C. The molecule has 0 saturated heterocycles. The molecule has 10 heteroatoms. The lowest BCUT2D eigenvalue weighted by molar-refractivity contribution is -0.137. The second-order valence-corrected chi connectivity index (χ2v) is 8.90. The van der Waals surface area contributed by atoms with Crippen LogP contribution in [-0.2, 0) is 21.0 Å². The zero-order valence-electron chi connectivity index (χ0n) is 16.1. The summed E-state index contributed by atoms with van der Waals surface area (Å²) in [6.45, 7) is 4.94. The average Bonchev–Trinajstić information content (AvgIpc) is 2.58. The van der Waals surface area contributed by atoms with Crippen molar-refractivity contribution in [2.24, 2.45) is 0 Å². The number of carbonyl (C=O) groups excluding carboxylic acids is 1. The van der Waals surface area contributed by atoms with Crippen LogP contribution in [0.25, 0.3) is 0 Å². The molecule has 2 aromatic carbocycles. The summed E-state index contributed by atoms with van der Waals surface area (Å²) in [7, 11) is -4.09. The summed E-state index contributed by atoms with van der Waals surface area (Å²) >= 11 is 5.61. The number of halogens is 4. The van der Waals surface area contributed by atoms with E-state index in [9.17, 15) is 26.4 Å². The molecule has 158 valence electrons. The molecule has 29 heavy (non-hydrogen) atoms. The third kappa shape index (κ3) is 5.22. The predicted molar refractivity (Wildman–Crippen MR) is 108 cm³/mol. The van der Waals surface area contributed by atoms with E-state index >= 15 is 0 Å². The lowest BCUT2D eigenvalue weighted by atomic mass is 10.1. The number of hydrogen-bond donors (Lipinski definition) is 1. The number of benzene rings is 2. The molecule has 0 spiro atoms. The van der Waals surface area contributed by atoms with Crippen LogP contribution in [0.5, 0.6) is 0 Å². The third-order valence-electron chi connectivity index (χ3n) is 4.46. The highest BCUT2D eigenvalue weighted by molar-refractivity contribution is 7.92. The minimum Gasteiger partial charge on any atom is -0.324 e. The van der Waals surface area contributed by atoms with E-state index in [0.29, 0.717) is 16.1 Å². The Morgan fingerprint density at radius 3 is 2.34 bits per heavy atom. The number of nitrogens with one attached hydrogen (secondary N) is 1. The van der Waals surface area contributed by atoms with Crippen molar-refractivity contribution in [3.63, 3.8) is 0 Å². The van der Waals surface area contributed by atoms with Crippen LogP contribution in [-0.4, -0.2) is 26.6 Å². The van der Waals surface area contributed by atoms with E-state index in [-0.39, 0.29) is 5.69 Å². The van der Waals surface area contributed by atoms with Crippen LogP contribution in [0.3, 0.4) is 0 Å². The summed E-state index contributed by atoms with van der Waals surface area (Å²) in [5.74, 6) is -0.687. The molecule has 2 rings (SSSR count). The molecule has 0 fully saturated rings. The van der Waals surface area contributed by atoms with Gasteiger partial charge >= 0.3 is 6.18 Å². The Balaban J connectivity index is 2.46. The van der Waals surface area contributed by atoms with E-state index in [4.69, 9.17) is 11.6 Å². The number of carbonyl (C=O) groups is 1. The monoisotopic (exact) mass is 448 g/mol. The second-order valence-electron chi connectivity index (χ2n) is 6.63. The molecule has 0 bridgehead atoms. The van der Waals surface area contributed by atoms with E-state index in [1.165, 1.54) is 6.92 Å². The number of rotatable bonds is 5. The van der Waals surface area contributed by atoms with E-state index in [1.807, 2.05) is 13.0 Å². The topological polar surface area (TPSA) is 66.5 Å². The predicted octanol–water partition coefficient (Wildman–Crippen LogP) is 4.77. The van der Waals surface area contributed by atoms with Crippen molar-refractivity contribution in [3.8, 4) is 0 Å². The molecule has 0 aromatic heterocycles. The highest BCUT2D eigenvalue weighted by atomic mass is 35.5. The molecule has 1 N–H and O–H groups in total. The molecule has 0 aliphatic heterocycles. The van der Waals surface area contributed by atoms with Gasteiger partial charge in [0, 0.05) is 5.69 Å². The summed E-state index contributed by atoms with van der Waals surface area (Å²) in [5.41, 5.74) is 0.704. The first-order valence-electron chi connectivity index (χ1n) is 8.46. The molecule has 0 heterocycles. The zero-order valence-corrected chi connectivity index (χ0v) is 17.7. The van der Waals surface area contributed by atoms with Gasteiger partial charge in [0.15, 0.2) is 0 Å². The average molecular weight is 449 g/mol. The highest BCUT2D eigenvalue weighted by Gasteiger charge is 2.36. The fraction of sp³-hybridized carbons (Fsp3) is 0.316.